The second-order valence-electron chi connectivity index (χ2n) is 5.35. The molecule has 106 valence electrons. The number of guanidine groups is 1. The van der Waals surface area contributed by atoms with Crippen LogP contribution in [-0.2, 0) is 13.5 Å². The molecule has 0 bridgehead atoms. The normalized spacial score (nSPS) is 15.7. The lowest BCUT2D eigenvalue weighted by atomic mass is 10.1. The van der Waals surface area contributed by atoms with Gasteiger partial charge in [-0.2, -0.15) is 5.10 Å². The SMILES string of the molecule is CN=C(NCCc1c(C)nn(C)c1C)NCC1CC1. The van der Waals surface area contributed by atoms with Crippen LogP contribution < -0.4 is 10.6 Å². The summed E-state index contributed by atoms with van der Waals surface area (Å²) in [6, 6.07) is 0. The Balaban J connectivity index is 1.77. The number of rotatable bonds is 5. The summed E-state index contributed by atoms with van der Waals surface area (Å²) in [4.78, 5) is 4.24. The third-order valence-electron chi connectivity index (χ3n) is 3.81. The van der Waals surface area contributed by atoms with Crippen LogP contribution in [-0.4, -0.2) is 35.9 Å². The summed E-state index contributed by atoms with van der Waals surface area (Å²) in [5.41, 5.74) is 3.72. The highest BCUT2D eigenvalue weighted by molar-refractivity contribution is 5.79. The topological polar surface area (TPSA) is 54.2 Å². The highest BCUT2D eigenvalue weighted by Gasteiger charge is 2.21. The van der Waals surface area contributed by atoms with Gasteiger partial charge in [0.2, 0.25) is 0 Å². The van der Waals surface area contributed by atoms with E-state index in [-0.39, 0.29) is 0 Å². The molecule has 0 radical (unpaired) electrons. The van der Waals surface area contributed by atoms with Crippen LogP contribution >= 0.6 is 0 Å². The predicted octanol–water partition coefficient (Wildman–Crippen LogP) is 1.15. The Labute approximate surface area is 115 Å². The van der Waals surface area contributed by atoms with E-state index in [2.05, 4.69) is 34.6 Å². The van der Waals surface area contributed by atoms with Crippen LogP contribution in [0.1, 0.15) is 29.8 Å². The van der Waals surface area contributed by atoms with Crippen LogP contribution in [0.15, 0.2) is 4.99 Å². The fraction of sp³-hybridized carbons (Fsp3) is 0.714. The standard InChI is InChI=1S/C14H25N5/c1-10-13(11(2)19(4)18-10)7-8-16-14(15-3)17-9-12-5-6-12/h12H,5-9H2,1-4H3,(H2,15,16,17). The molecule has 1 aromatic rings. The number of aryl methyl sites for hydroxylation is 2. The van der Waals surface area contributed by atoms with Crippen molar-refractivity contribution in [1.29, 1.82) is 0 Å². The number of hydrogen-bond donors (Lipinski definition) is 2. The molecule has 1 heterocycles. The average molecular weight is 263 g/mol. The van der Waals surface area contributed by atoms with Crippen molar-refractivity contribution in [1.82, 2.24) is 20.4 Å². The Morgan fingerprint density at radius 1 is 1.37 bits per heavy atom. The molecule has 5 nitrogen and oxygen atoms in total. The maximum Gasteiger partial charge on any atom is 0.190 e. The van der Waals surface area contributed by atoms with Gasteiger partial charge in [-0.1, -0.05) is 0 Å². The van der Waals surface area contributed by atoms with Gasteiger partial charge in [0.25, 0.3) is 0 Å². The maximum atomic E-state index is 4.44. The molecule has 0 unspecified atom stereocenters. The van der Waals surface area contributed by atoms with Crippen LogP contribution in [0.3, 0.4) is 0 Å². The van der Waals surface area contributed by atoms with Gasteiger partial charge >= 0.3 is 0 Å². The van der Waals surface area contributed by atoms with Gasteiger partial charge in [0.05, 0.1) is 5.69 Å². The summed E-state index contributed by atoms with van der Waals surface area (Å²) in [7, 11) is 3.82. The van der Waals surface area contributed by atoms with Gasteiger partial charge in [-0.15, -0.1) is 0 Å². The first kappa shape index (κ1) is 13.9. The van der Waals surface area contributed by atoms with Crippen molar-refractivity contribution in [2.24, 2.45) is 18.0 Å². The van der Waals surface area contributed by atoms with Crippen molar-refractivity contribution in [3.63, 3.8) is 0 Å². The number of nitrogens with one attached hydrogen (secondary N) is 2. The highest BCUT2D eigenvalue weighted by atomic mass is 15.3. The van der Waals surface area contributed by atoms with Crippen molar-refractivity contribution in [3.8, 4) is 0 Å². The molecule has 0 aromatic carbocycles. The minimum absolute atomic E-state index is 0.862. The second-order valence-corrected chi connectivity index (χ2v) is 5.35. The minimum Gasteiger partial charge on any atom is -0.356 e. The van der Waals surface area contributed by atoms with Crippen LogP contribution in [0.5, 0.6) is 0 Å². The number of aliphatic imine (C=N–C) groups is 1. The third kappa shape index (κ3) is 3.72. The summed E-state index contributed by atoms with van der Waals surface area (Å²) in [6.45, 7) is 6.13. The van der Waals surface area contributed by atoms with Crippen molar-refractivity contribution >= 4 is 5.96 Å². The quantitative estimate of drug-likeness (QED) is 0.619. The molecule has 0 spiro atoms. The van der Waals surface area contributed by atoms with Crippen LogP contribution in [0.25, 0.3) is 0 Å². The van der Waals surface area contributed by atoms with E-state index in [0.29, 0.717) is 0 Å². The molecule has 1 aromatic heterocycles. The van der Waals surface area contributed by atoms with Crippen molar-refractivity contribution < 1.29 is 0 Å². The van der Waals surface area contributed by atoms with E-state index in [1.54, 1.807) is 0 Å². The van der Waals surface area contributed by atoms with E-state index in [4.69, 9.17) is 0 Å². The maximum absolute atomic E-state index is 4.44. The van der Waals surface area contributed by atoms with E-state index in [1.807, 2.05) is 18.8 Å². The fourth-order valence-electron chi connectivity index (χ4n) is 2.27. The number of aromatic nitrogens is 2. The molecule has 5 heteroatoms. The third-order valence-corrected chi connectivity index (χ3v) is 3.81. The van der Waals surface area contributed by atoms with Crippen molar-refractivity contribution in [2.45, 2.75) is 33.1 Å². The second kappa shape index (κ2) is 6.08. The zero-order valence-corrected chi connectivity index (χ0v) is 12.5. The first-order chi connectivity index (χ1) is 9.11. The van der Waals surface area contributed by atoms with E-state index in [1.165, 1.54) is 24.1 Å². The summed E-state index contributed by atoms with van der Waals surface area (Å²) < 4.78 is 1.95. The van der Waals surface area contributed by atoms with Crippen LogP contribution in [0.4, 0.5) is 0 Å². The first-order valence-electron chi connectivity index (χ1n) is 7.05. The van der Waals surface area contributed by atoms with Gasteiger partial charge in [-0.25, -0.2) is 0 Å². The summed E-state index contributed by atoms with van der Waals surface area (Å²) >= 11 is 0. The van der Waals surface area contributed by atoms with E-state index in [9.17, 15) is 0 Å². The molecule has 19 heavy (non-hydrogen) atoms. The Morgan fingerprint density at radius 3 is 2.63 bits per heavy atom. The first-order valence-corrected chi connectivity index (χ1v) is 7.05. The number of nitrogens with zero attached hydrogens (tertiary/aromatic N) is 3. The van der Waals surface area contributed by atoms with Gasteiger partial charge < -0.3 is 10.6 Å². The molecule has 2 rings (SSSR count). The lowest BCUT2D eigenvalue weighted by Gasteiger charge is -2.11. The molecule has 0 amide bonds. The highest BCUT2D eigenvalue weighted by Crippen LogP contribution is 2.27. The van der Waals surface area contributed by atoms with Crippen molar-refractivity contribution in [3.05, 3.63) is 17.0 Å². The Morgan fingerprint density at radius 2 is 2.11 bits per heavy atom. The van der Waals surface area contributed by atoms with Gasteiger partial charge in [0.1, 0.15) is 0 Å². The molecule has 1 fully saturated rings. The van der Waals surface area contributed by atoms with E-state index >= 15 is 0 Å². The molecule has 0 saturated heterocycles. The molecule has 0 aliphatic heterocycles. The van der Waals surface area contributed by atoms with Crippen LogP contribution in [0, 0.1) is 19.8 Å². The summed E-state index contributed by atoms with van der Waals surface area (Å²) in [5.74, 6) is 1.77. The Kier molecular flexibility index (Phi) is 4.45. The monoisotopic (exact) mass is 263 g/mol. The van der Waals surface area contributed by atoms with Crippen molar-refractivity contribution in [2.75, 3.05) is 20.1 Å². The molecule has 1 saturated carbocycles. The molecular weight excluding hydrogens is 238 g/mol. The zero-order valence-electron chi connectivity index (χ0n) is 12.5. The molecule has 0 atom stereocenters. The Hall–Kier alpha value is -1.52. The molecule has 1 aliphatic rings. The Bertz CT molecular complexity index is 457. The van der Waals surface area contributed by atoms with Gasteiger partial charge in [0.15, 0.2) is 5.96 Å². The summed E-state index contributed by atoms with van der Waals surface area (Å²) in [5, 5.41) is 11.2. The summed E-state index contributed by atoms with van der Waals surface area (Å²) in [6.07, 6.45) is 3.70. The van der Waals surface area contributed by atoms with Gasteiger partial charge in [0, 0.05) is 32.9 Å². The lowest BCUT2D eigenvalue weighted by molar-refractivity contribution is 0.725. The zero-order chi connectivity index (χ0) is 13.8. The van der Waals surface area contributed by atoms with Crippen LogP contribution in [0.2, 0.25) is 0 Å². The molecule has 2 N–H and O–H groups in total. The molecular formula is C14H25N5. The average Bonchev–Trinajstić information content (AvgIpc) is 3.17. The smallest absolute Gasteiger partial charge is 0.190 e. The van der Waals surface area contributed by atoms with E-state index in [0.717, 1.165) is 37.1 Å². The fourth-order valence-corrected chi connectivity index (χ4v) is 2.27. The van der Waals surface area contributed by atoms with Gasteiger partial charge in [-0.05, 0) is 44.6 Å². The van der Waals surface area contributed by atoms with E-state index < -0.39 is 0 Å². The predicted molar refractivity (Wildman–Crippen MR) is 78.5 cm³/mol. The van der Waals surface area contributed by atoms with Gasteiger partial charge in [-0.3, -0.25) is 9.67 Å². The number of hydrogen-bond acceptors (Lipinski definition) is 2. The lowest BCUT2D eigenvalue weighted by Crippen LogP contribution is -2.39. The minimum atomic E-state index is 0.862. The molecule has 1 aliphatic carbocycles. The largest absolute Gasteiger partial charge is 0.356 e.